The minimum atomic E-state index is -0.483. The van der Waals surface area contributed by atoms with Gasteiger partial charge in [-0.3, -0.25) is 0 Å². The summed E-state index contributed by atoms with van der Waals surface area (Å²) in [6, 6.07) is 54.5. The summed E-state index contributed by atoms with van der Waals surface area (Å²) in [6.07, 6.45) is 0. The number of ether oxygens (including phenoxy) is 1. The van der Waals surface area contributed by atoms with Crippen molar-refractivity contribution in [2.24, 2.45) is 0 Å². The number of hydrogen-bond donors (Lipinski definition) is 0. The van der Waals surface area contributed by atoms with Gasteiger partial charge in [-0.05, 0) is 95.6 Å². The Labute approximate surface area is 296 Å². The minimum absolute atomic E-state index is 0.0671. The summed E-state index contributed by atoms with van der Waals surface area (Å²) >= 11 is 0. The van der Waals surface area contributed by atoms with Crippen LogP contribution in [0.15, 0.2) is 146 Å². The molecule has 244 valence electrons. The van der Waals surface area contributed by atoms with Gasteiger partial charge in [0.1, 0.15) is 11.5 Å². The normalized spacial score (nSPS) is 14.1. The highest BCUT2D eigenvalue weighted by Gasteiger charge is 2.46. The molecule has 1 aliphatic carbocycles. The van der Waals surface area contributed by atoms with Crippen LogP contribution in [0.25, 0.3) is 44.2 Å². The first-order valence-electron chi connectivity index (χ1n) is 17.8. The maximum Gasteiger partial charge on any atom is 0.135 e. The zero-order chi connectivity index (χ0) is 34.4. The molecule has 7 aromatic rings. The summed E-state index contributed by atoms with van der Waals surface area (Å²) in [5.41, 5.74) is 15.0. The van der Waals surface area contributed by atoms with Crippen molar-refractivity contribution >= 4 is 10.8 Å². The van der Waals surface area contributed by atoms with Gasteiger partial charge < -0.3 is 4.74 Å². The van der Waals surface area contributed by atoms with Gasteiger partial charge in [0, 0.05) is 10.9 Å². The minimum Gasteiger partial charge on any atom is -0.456 e. The van der Waals surface area contributed by atoms with Gasteiger partial charge in [0.05, 0.1) is 5.41 Å². The van der Waals surface area contributed by atoms with Crippen molar-refractivity contribution in [1.82, 2.24) is 0 Å². The third kappa shape index (κ3) is 4.46. The molecule has 9 rings (SSSR count). The standard InChI is InChI=1S/C49H42O/c1-47(2,3)32-19-23-34(24-20-32)49(35-25-21-33(22-26-35)48(4,5)6)42-16-9-7-12-37(42)38-27-18-31(30-43(38)49)36-28-29-45-46-40(36)14-11-15-41(46)39-13-8-10-17-44(39)50-45/h7-30H,1-6H3. The quantitative estimate of drug-likeness (QED) is 0.186. The molecule has 0 fully saturated rings. The van der Waals surface area contributed by atoms with Crippen LogP contribution in [0.3, 0.4) is 0 Å². The Morgan fingerprint density at radius 1 is 0.420 bits per heavy atom. The molecule has 0 atom stereocenters. The van der Waals surface area contributed by atoms with Crippen LogP contribution in [-0.2, 0) is 16.2 Å². The van der Waals surface area contributed by atoms with Crippen molar-refractivity contribution in [2.75, 3.05) is 0 Å². The molecule has 0 amide bonds. The van der Waals surface area contributed by atoms with Crippen molar-refractivity contribution in [1.29, 1.82) is 0 Å². The highest BCUT2D eigenvalue weighted by Crippen LogP contribution is 2.57. The van der Waals surface area contributed by atoms with E-state index in [2.05, 4.69) is 181 Å². The smallest absolute Gasteiger partial charge is 0.135 e. The zero-order valence-electron chi connectivity index (χ0n) is 29.8. The molecule has 7 aromatic carbocycles. The Balaban J connectivity index is 1.32. The first kappa shape index (κ1) is 30.6. The first-order valence-corrected chi connectivity index (χ1v) is 17.8. The molecule has 0 saturated carbocycles. The number of hydrogen-bond acceptors (Lipinski definition) is 1. The third-order valence-electron chi connectivity index (χ3n) is 11.1. The lowest BCUT2D eigenvalue weighted by Gasteiger charge is -2.35. The summed E-state index contributed by atoms with van der Waals surface area (Å²) < 4.78 is 6.47. The van der Waals surface area contributed by atoms with E-state index >= 15 is 0 Å². The fraction of sp³-hybridized carbons (Fsp3) is 0.184. The summed E-state index contributed by atoms with van der Waals surface area (Å²) in [5, 5.41) is 2.38. The largest absolute Gasteiger partial charge is 0.456 e. The van der Waals surface area contributed by atoms with E-state index in [9.17, 15) is 0 Å². The second-order valence-corrected chi connectivity index (χ2v) is 16.1. The van der Waals surface area contributed by atoms with Crippen LogP contribution in [0, 0.1) is 0 Å². The molecule has 0 N–H and O–H groups in total. The fourth-order valence-corrected chi connectivity index (χ4v) is 8.51. The lowest BCUT2D eigenvalue weighted by atomic mass is 9.66. The second-order valence-electron chi connectivity index (χ2n) is 16.1. The van der Waals surface area contributed by atoms with Crippen molar-refractivity contribution in [3.8, 4) is 44.9 Å². The molecule has 1 heterocycles. The highest BCUT2D eigenvalue weighted by molar-refractivity contribution is 6.10. The highest BCUT2D eigenvalue weighted by atomic mass is 16.5. The van der Waals surface area contributed by atoms with Gasteiger partial charge in [0.25, 0.3) is 0 Å². The van der Waals surface area contributed by atoms with Crippen LogP contribution in [-0.4, -0.2) is 0 Å². The van der Waals surface area contributed by atoms with Crippen molar-refractivity contribution in [3.63, 3.8) is 0 Å². The molecule has 1 heteroatoms. The number of benzene rings is 7. The number of para-hydroxylation sites is 1. The number of rotatable bonds is 3. The van der Waals surface area contributed by atoms with E-state index in [4.69, 9.17) is 4.74 Å². The molecule has 50 heavy (non-hydrogen) atoms. The fourth-order valence-electron chi connectivity index (χ4n) is 8.51. The maximum atomic E-state index is 6.47. The van der Waals surface area contributed by atoms with Gasteiger partial charge >= 0.3 is 0 Å². The summed E-state index contributed by atoms with van der Waals surface area (Å²) in [5.74, 6) is 1.83. The Kier molecular flexibility index (Phi) is 6.62. The van der Waals surface area contributed by atoms with Gasteiger partial charge in [-0.2, -0.15) is 0 Å². The van der Waals surface area contributed by atoms with Crippen LogP contribution >= 0.6 is 0 Å². The molecule has 0 unspecified atom stereocenters. The Morgan fingerprint density at radius 2 is 0.980 bits per heavy atom. The van der Waals surface area contributed by atoms with E-state index in [0.717, 1.165) is 17.1 Å². The van der Waals surface area contributed by atoms with Crippen LogP contribution in [0.5, 0.6) is 11.5 Å². The molecular formula is C49H42O. The van der Waals surface area contributed by atoms with Crippen LogP contribution < -0.4 is 4.74 Å². The molecule has 0 spiro atoms. The topological polar surface area (TPSA) is 9.23 Å². The average Bonchev–Trinajstić information content (AvgIpc) is 3.42. The first-order chi connectivity index (χ1) is 24.0. The van der Waals surface area contributed by atoms with Crippen molar-refractivity contribution < 1.29 is 4.74 Å². The van der Waals surface area contributed by atoms with E-state index in [1.165, 1.54) is 72.0 Å². The van der Waals surface area contributed by atoms with Gasteiger partial charge in [-0.15, -0.1) is 0 Å². The van der Waals surface area contributed by atoms with Gasteiger partial charge in [-0.1, -0.05) is 169 Å². The predicted molar refractivity (Wildman–Crippen MR) is 210 cm³/mol. The van der Waals surface area contributed by atoms with Gasteiger partial charge in [0.2, 0.25) is 0 Å². The SMILES string of the molecule is CC(C)(C)c1ccc(C2(c3ccc(C(C)(C)C)cc3)c3ccccc3-c3ccc(-c4ccc5c6c(cccc46)-c4ccccc4O5)cc32)cc1. The van der Waals surface area contributed by atoms with E-state index in [-0.39, 0.29) is 10.8 Å². The third-order valence-corrected chi connectivity index (χ3v) is 11.1. The van der Waals surface area contributed by atoms with Gasteiger partial charge in [-0.25, -0.2) is 0 Å². The number of fused-ring (bicyclic) bond motifs is 5. The Hall–Kier alpha value is -5.40. The van der Waals surface area contributed by atoms with E-state index in [1.807, 2.05) is 6.07 Å². The monoisotopic (exact) mass is 646 g/mol. The Bertz CT molecular complexity index is 2390. The molecule has 1 nitrogen and oxygen atoms in total. The molecule has 0 bridgehead atoms. The second kappa shape index (κ2) is 10.8. The molecule has 2 aliphatic rings. The average molecular weight is 647 g/mol. The predicted octanol–water partition coefficient (Wildman–Crippen LogP) is 13.2. The van der Waals surface area contributed by atoms with E-state index in [0.29, 0.717) is 0 Å². The zero-order valence-corrected chi connectivity index (χ0v) is 29.8. The van der Waals surface area contributed by atoms with Crippen molar-refractivity contribution in [3.05, 3.63) is 179 Å². The Morgan fingerprint density at radius 3 is 1.64 bits per heavy atom. The summed E-state index contributed by atoms with van der Waals surface area (Å²) in [7, 11) is 0. The maximum absolute atomic E-state index is 6.47. The summed E-state index contributed by atoms with van der Waals surface area (Å²) in [6.45, 7) is 13.7. The molecule has 1 aliphatic heterocycles. The molecule has 0 radical (unpaired) electrons. The molecule has 0 saturated heterocycles. The lowest BCUT2D eigenvalue weighted by molar-refractivity contribution is 0.487. The van der Waals surface area contributed by atoms with Crippen molar-refractivity contribution in [2.45, 2.75) is 57.8 Å². The summed E-state index contributed by atoms with van der Waals surface area (Å²) in [4.78, 5) is 0. The van der Waals surface area contributed by atoms with Crippen LogP contribution in [0.2, 0.25) is 0 Å². The lowest BCUT2D eigenvalue weighted by Crippen LogP contribution is -2.29. The van der Waals surface area contributed by atoms with E-state index < -0.39 is 5.41 Å². The molecule has 0 aromatic heterocycles. The molecular weight excluding hydrogens is 605 g/mol. The van der Waals surface area contributed by atoms with E-state index in [1.54, 1.807) is 0 Å². The van der Waals surface area contributed by atoms with Gasteiger partial charge in [0.15, 0.2) is 0 Å². The van der Waals surface area contributed by atoms with Crippen LogP contribution in [0.1, 0.15) is 74.9 Å². The van der Waals surface area contributed by atoms with Crippen LogP contribution in [0.4, 0.5) is 0 Å².